The molecule has 2 aromatic rings. The molecule has 0 aliphatic carbocycles. The first kappa shape index (κ1) is 12.7. The van der Waals surface area contributed by atoms with E-state index in [1.807, 2.05) is 5.38 Å². The Kier molecular flexibility index (Phi) is 4.01. The van der Waals surface area contributed by atoms with Crippen molar-refractivity contribution in [3.8, 4) is 0 Å². The second kappa shape index (κ2) is 5.70. The van der Waals surface area contributed by atoms with E-state index >= 15 is 0 Å². The number of rotatable bonds is 4. The molecule has 1 aromatic heterocycles. The highest BCUT2D eigenvalue weighted by Gasteiger charge is 2.06. The summed E-state index contributed by atoms with van der Waals surface area (Å²) in [7, 11) is 0. The number of nitrogens with two attached hydrogens (primary N) is 1. The lowest BCUT2D eigenvalue weighted by molar-refractivity contribution is 0.0951. The lowest BCUT2D eigenvalue weighted by Gasteiger charge is -2.04. The average molecular weight is 277 g/mol. The van der Waals surface area contributed by atoms with Crippen molar-refractivity contribution < 1.29 is 4.79 Å². The van der Waals surface area contributed by atoms with Crippen LogP contribution in [-0.2, 0) is 6.54 Å². The van der Waals surface area contributed by atoms with Crippen LogP contribution in [0.2, 0.25) is 0 Å². The molecular weight excluding hydrogens is 266 g/mol. The molecule has 0 fully saturated rings. The third-order valence-electron chi connectivity index (χ3n) is 2.32. The second-order valence-electron chi connectivity index (χ2n) is 3.55. The number of nitrogens with one attached hydrogen (secondary N) is 1. The van der Waals surface area contributed by atoms with Crippen molar-refractivity contribution >= 4 is 34.5 Å². The van der Waals surface area contributed by atoms with Crippen LogP contribution in [0.25, 0.3) is 0 Å². The smallest absolute Gasteiger partial charge is 0.251 e. The van der Waals surface area contributed by atoms with Gasteiger partial charge in [0.2, 0.25) is 0 Å². The Morgan fingerprint density at radius 3 is 2.56 bits per heavy atom. The molecular formula is C12H11N3OS2. The van der Waals surface area contributed by atoms with Crippen LogP contribution in [0, 0.1) is 0 Å². The molecule has 0 saturated carbocycles. The van der Waals surface area contributed by atoms with Gasteiger partial charge in [-0.3, -0.25) is 4.79 Å². The van der Waals surface area contributed by atoms with Crippen LogP contribution < -0.4 is 11.1 Å². The SMILES string of the molecule is NC(=S)c1ccc(C(=O)NCc2nccs2)cc1. The van der Waals surface area contributed by atoms with Crippen LogP contribution in [-0.4, -0.2) is 15.9 Å². The maximum absolute atomic E-state index is 11.8. The normalized spacial score (nSPS) is 10.0. The molecule has 1 heterocycles. The fraction of sp³-hybridized carbons (Fsp3) is 0.0833. The van der Waals surface area contributed by atoms with Gasteiger partial charge in [-0.1, -0.05) is 24.4 Å². The van der Waals surface area contributed by atoms with E-state index in [9.17, 15) is 4.79 Å². The molecule has 0 bridgehead atoms. The van der Waals surface area contributed by atoms with Gasteiger partial charge in [-0.25, -0.2) is 4.98 Å². The minimum atomic E-state index is -0.139. The molecule has 6 heteroatoms. The predicted octanol–water partition coefficient (Wildman–Crippen LogP) is 1.71. The molecule has 3 N–H and O–H groups in total. The van der Waals surface area contributed by atoms with Gasteiger partial charge < -0.3 is 11.1 Å². The van der Waals surface area contributed by atoms with Gasteiger partial charge in [0.25, 0.3) is 5.91 Å². The molecule has 1 amide bonds. The summed E-state index contributed by atoms with van der Waals surface area (Å²) in [6, 6.07) is 6.87. The summed E-state index contributed by atoms with van der Waals surface area (Å²) in [4.78, 5) is 16.2. The number of benzene rings is 1. The Morgan fingerprint density at radius 1 is 1.33 bits per heavy atom. The summed E-state index contributed by atoms with van der Waals surface area (Å²) in [6.45, 7) is 0.438. The number of amides is 1. The molecule has 92 valence electrons. The van der Waals surface area contributed by atoms with E-state index < -0.39 is 0 Å². The first-order valence-electron chi connectivity index (χ1n) is 5.23. The Morgan fingerprint density at radius 2 is 2.00 bits per heavy atom. The summed E-state index contributed by atoms with van der Waals surface area (Å²) in [6.07, 6.45) is 1.71. The highest BCUT2D eigenvalue weighted by Crippen LogP contribution is 2.06. The Hall–Kier alpha value is -1.79. The van der Waals surface area contributed by atoms with Crippen molar-refractivity contribution in [2.45, 2.75) is 6.54 Å². The molecule has 2 rings (SSSR count). The van der Waals surface area contributed by atoms with E-state index in [-0.39, 0.29) is 5.91 Å². The van der Waals surface area contributed by atoms with Crippen LogP contribution >= 0.6 is 23.6 Å². The molecule has 0 saturated heterocycles. The predicted molar refractivity (Wildman–Crippen MR) is 75.6 cm³/mol. The number of nitrogens with zero attached hydrogens (tertiary/aromatic N) is 1. The molecule has 18 heavy (non-hydrogen) atoms. The lowest BCUT2D eigenvalue weighted by Crippen LogP contribution is -2.22. The molecule has 0 aliphatic rings. The zero-order valence-electron chi connectivity index (χ0n) is 9.42. The summed E-state index contributed by atoms with van der Waals surface area (Å²) >= 11 is 6.35. The average Bonchev–Trinajstić information content (AvgIpc) is 2.89. The van der Waals surface area contributed by atoms with Gasteiger partial charge in [-0.05, 0) is 12.1 Å². The number of aromatic nitrogens is 1. The topological polar surface area (TPSA) is 68.0 Å². The van der Waals surface area contributed by atoms with Gasteiger partial charge in [-0.2, -0.15) is 0 Å². The summed E-state index contributed by atoms with van der Waals surface area (Å²) in [5.74, 6) is -0.139. The molecule has 0 radical (unpaired) electrons. The third kappa shape index (κ3) is 3.12. The van der Waals surface area contributed by atoms with Crippen LogP contribution in [0.4, 0.5) is 0 Å². The monoisotopic (exact) mass is 277 g/mol. The van der Waals surface area contributed by atoms with Crippen molar-refractivity contribution in [3.05, 3.63) is 52.0 Å². The largest absolute Gasteiger partial charge is 0.389 e. The quantitative estimate of drug-likeness (QED) is 0.835. The number of hydrogen-bond acceptors (Lipinski definition) is 4. The molecule has 4 nitrogen and oxygen atoms in total. The second-order valence-corrected chi connectivity index (χ2v) is 4.97. The van der Waals surface area contributed by atoms with Crippen LogP contribution in [0.15, 0.2) is 35.8 Å². The van der Waals surface area contributed by atoms with Gasteiger partial charge in [-0.15, -0.1) is 11.3 Å². The molecule has 0 unspecified atom stereocenters. The van der Waals surface area contributed by atoms with Gasteiger partial charge in [0.15, 0.2) is 0 Å². The van der Waals surface area contributed by atoms with Gasteiger partial charge in [0, 0.05) is 22.7 Å². The Labute approximate surface area is 114 Å². The van der Waals surface area contributed by atoms with E-state index in [0.29, 0.717) is 17.1 Å². The van der Waals surface area contributed by atoms with E-state index in [4.69, 9.17) is 18.0 Å². The van der Waals surface area contributed by atoms with E-state index in [0.717, 1.165) is 10.6 Å². The van der Waals surface area contributed by atoms with Crippen LogP contribution in [0.5, 0.6) is 0 Å². The summed E-state index contributed by atoms with van der Waals surface area (Å²) in [5.41, 5.74) is 6.81. The first-order valence-corrected chi connectivity index (χ1v) is 6.52. The number of carbonyl (C=O) groups excluding carboxylic acids is 1. The zero-order chi connectivity index (χ0) is 13.0. The first-order chi connectivity index (χ1) is 8.66. The third-order valence-corrected chi connectivity index (χ3v) is 3.33. The number of thiazole rings is 1. The molecule has 0 atom stereocenters. The Balaban J connectivity index is 1.98. The van der Waals surface area contributed by atoms with Crippen molar-refractivity contribution in [2.75, 3.05) is 0 Å². The van der Waals surface area contributed by atoms with Crippen LogP contribution in [0.1, 0.15) is 20.9 Å². The standard InChI is InChI=1S/C12H11N3OS2/c13-11(17)8-1-3-9(4-2-8)12(16)15-7-10-14-5-6-18-10/h1-6H,7H2,(H2,13,17)(H,15,16). The highest BCUT2D eigenvalue weighted by molar-refractivity contribution is 7.80. The van der Waals surface area contributed by atoms with Crippen LogP contribution in [0.3, 0.4) is 0 Å². The Bertz CT molecular complexity index is 549. The minimum Gasteiger partial charge on any atom is -0.389 e. The van der Waals surface area contributed by atoms with E-state index in [1.165, 1.54) is 11.3 Å². The van der Waals surface area contributed by atoms with Gasteiger partial charge >= 0.3 is 0 Å². The number of carbonyl (C=O) groups is 1. The summed E-state index contributed by atoms with van der Waals surface area (Å²) in [5, 5.41) is 5.55. The zero-order valence-corrected chi connectivity index (χ0v) is 11.1. The lowest BCUT2D eigenvalue weighted by atomic mass is 10.1. The van der Waals surface area contributed by atoms with Gasteiger partial charge in [0.1, 0.15) is 10.00 Å². The maximum Gasteiger partial charge on any atom is 0.251 e. The van der Waals surface area contributed by atoms with Crippen molar-refractivity contribution in [3.63, 3.8) is 0 Å². The summed E-state index contributed by atoms with van der Waals surface area (Å²) < 4.78 is 0. The molecule has 0 spiro atoms. The van der Waals surface area contributed by atoms with E-state index in [1.54, 1.807) is 30.5 Å². The molecule has 1 aromatic carbocycles. The minimum absolute atomic E-state index is 0.139. The van der Waals surface area contributed by atoms with Crippen molar-refractivity contribution in [2.24, 2.45) is 5.73 Å². The molecule has 0 aliphatic heterocycles. The van der Waals surface area contributed by atoms with Crippen molar-refractivity contribution in [1.29, 1.82) is 0 Å². The number of hydrogen-bond donors (Lipinski definition) is 2. The number of thiocarbonyl (C=S) groups is 1. The highest BCUT2D eigenvalue weighted by atomic mass is 32.1. The fourth-order valence-corrected chi connectivity index (χ4v) is 2.08. The fourth-order valence-electron chi connectivity index (χ4n) is 1.38. The van der Waals surface area contributed by atoms with Crippen molar-refractivity contribution in [1.82, 2.24) is 10.3 Å². The maximum atomic E-state index is 11.8. The van der Waals surface area contributed by atoms with Gasteiger partial charge in [0.05, 0.1) is 6.54 Å². The van der Waals surface area contributed by atoms with E-state index in [2.05, 4.69) is 10.3 Å².